The summed E-state index contributed by atoms with van der Waals surface area (Å²) in [7, 11) is -3.26. The van der Waals surface area contributed by atoms with Crippen LogP contribution in [0, 0.1) is 0 Å². The van der Waals surface area contributed by atoms with Gasteiger partial charge in [0.25, 0.3) is 5.92 Å². The van der Waals surface area contributed by atoms with Gasteiger partial charge in [0.1, 0.15) is 0 Å². The molecule has 2 aliphatic heterocycles. The zero-order chi connectivity index (χ0) is 15.7. The van der Waals surface area contributed by atoms with E-state index in [1.807, 2.05) is 4.90 Å². The van der Waals surface area contributed by atoms with Crippen LogP contribution in [0.3, 0.4) is 0 Å². The van der Waals surface area contributed by atoms with Gasteiger partial charge in [-0.25, -0.2) is 21.5 Å². The molecule has 0 amide bonds. The van der Waals surface area contributed by atoms with Gasteiger partial charge >= 0.3 is 0 Å². The van der Waals surface area contributed by atoms with Crippen LogP contribution in [0.4, 0.5) is 8.78 Å². The molecule has 1 N–H and O–H groups in total. The largest absolute Gasteiger partial charge is 0.391 e. The van der Waals surface area contributed by atoms with Crippen molar-refractivity contribution >= 4 is 10.0 Å². The van der Waals surface area contributed by atoms with Crippen molar-refractivity contribution in [1.29, 1.82) is 0 Å². The summed E-state index contributed by atoms with van der Waals surface area (Å²) >= 11 is 0. The molecule has 2 atom stereocenters. The van der Waals surface area contributed by atoms with Crippen LogP contribution < -0.4 is 0 Å². The summed E-state index contributed by atoms with van der Waals surface area (Å²) in [5.41, 5.74) is 0. The highest BCUT2D eigenvalue weighted by Gasteiger charge is 2.39. The predicted molar refractivity (Wildman–Crippen MR) is 75.8 cm³/mol. The predicted octanol–water partition coefficient (Wildman–Crippen LogP) is 0.892. The molecule has 2 saturated heterocycles. The van der Waals surface area contributed by atoms with E-state index in [9.17, 15) is 22.3 Å². The quantitative estimate of drug-likeness (QED) is 0.837. The lowest BCUT2D eigenvalue weighted by Crippen LogP contribution is -2.49. The number of likely N-dealkylation sites (tertiary alicyclic amines) is 1. The fourth-order valence-electron chi connectivity index (χ4n) is 3.12. The van der Waals surface area contributed by atoms with E-state index < -0.39 is 22.0 Å². The normalized spacial score (nSPS) is 32.8. The molecule has 2 aliphatic rings. The Morgan fingerprint density at radius 1 is 1.14 bits per heavy atom. The third kappa shape index (κ3) is 4.12. The van der Waals surface area contributed by atoms with Crippen LogP contribution in [0.25, 0.3) is 0 Å². The Bertz CT molecular complexity index is 448. The van der Waals surface area contributed by atoms with Crippen molar-refractivity contribution in [1.82, 2.24) is 9.21 Å². The summed E-state index contributed by atoms with van der Waals surface area (Å²) < 4.78 is 51.7. The van der Waals surface area contributed by atoms with Crippen LogP contribution in [0.15, 0.2) is 0 Å². The van der Waals surface area contributed by atoms with Crippen molar-refractivity contribution < 1.29 is 22.3 Å². The SMILES string of the molecule is CCS(=O)(=O)N1CC[C@H](O)[C@@H](N2CCC(F)(F)CC2)CC1. The van der Waals surface area contributed by atoms with Gasteiger partial charge in [0, 0.05) is 45.1 Å². The minimum Gasteiger partial charge on any atom is -0.391 e. The van der Waals surface area contributed by atoms with E-state index >= 15 is 0 Å². The summed E-state index contributed by atoms with van der Waals surface area (Å²) in [6.45, 7) is 2.77. The summed E-state index contributed by atoms with van der Waals surface area (Å²) in [6, 6.07) is -0.224. The van der Waals surface area contributed by atoms with E-state index in [0.29, 0.717) is 25.9 Å². The van der Waals surface area contributed by atoms with E-state index in [1.54, 1.807) is 6.92 Å². The zero-order valence-corrected chi connectivity index (χ0v) is 13.2. The lowest BCUT2D eigenvalue weighted by atomic mass is 9.99. The molecular formula is C13H24F2N2O3S. The van der Waals surface area contributed by atoms with Gasteiger partial charge in [0.2, 0.25) is 10.0 Å². The van der Waals surface area contributed by atoms with Gasteiger partial charge in [-0.15, -0.1) is 0 Å². The number of sulfonamides is 1. The topological polar surface area (TPSA) is 60.9 Å². The number of halogens is 2. The molecule has 21 heavy (non-hydrogen) atoms. The number of nitrogens with zero attached hydrogens (tertiary/aromatic N) is 2. The Balaban J connectivity index is 1.99. The van der Waals surface area contributed by atoms with E-state index in [4.69, 9.17) is 0 Å². The molecule has 2 heterocycles. The number of hydrogen-bond acceptors (Lipinski definition) is 4. The summed E-state index contributed by atoms with van der Waals surface area (Å²) in [4.78, 5) is 1.89. The summed E-state index contributed by atoms with van der Waals surface area (Å²) in [5, 5.41) is 10.2. The van der Waals surface area contributed by atoms with Gasteiger partial charge in [-0.3, -0.25) is 4.90 Å². The van der Waals surface area contributed by atoms with Crippen molar-refractivity contribution in [3.63, 3.8) is 0 Å². The summed E-state index contributed by atoms with van der Waals surface area (Å²) in [6.07, 6.45) is -0.183. The Morgan fingerprint density at radius 2 is 1.71 bits per heavy atom. The van der Waals surface area contributed by atoms with E-state index in [0.717, 1.165) is 0 Å². The molecule has 124 valence electrons. The van der Waals surface area contributed by atoms with Crippen molar-refractivity contribution in [2.75, 3.05) is 31.9 Å². The maximum Gasteiger partial charge on any atom is 0.250 e. The van der Waals surface area contributed by atoms with E-state index in [-0.39, 0.29) is 37.7 Å². The van der Waals surface area contributed by atoms with E-state index in [2.05, 4.69) is 0 Å². The van der Waals surface area contributed by atoms with Gasteiger partial charge < -0.3 is 5.11 Å². The molecule has 0 radical (unpaired) electrons. The first-order chi connectivity index (χ1) is 9.75. The maximum atomic E-state index is 13.2. The highest BCUT2D eigenvalue weighted by molar-refractivity contribution is 7.89. The molecule has 0 bridgehead atoms. The Kier molecular flexibility index (Phi) is 5.23. The second-order valence-electron chi connectivity index (χ2n) is 5.90. The molecule has 0 aliphatic carbocycles. The Morgan fingerprint density at radius 3 is 2.29 bits per heavy atom. The summed E-state index contributed by atoms with van der Waals surface area (Å²) in [5.74, 6) is -2.56. The van der Waals surface area contributed by atoms with Gasteiger partial charge in [0.05, 0.1) is 11.9 Å². The molecule has 5 nitrogen and oxygen atoms in total. The van der Waals surface area contributed by atoms with Crippen LogP contribution in [0.2, 0.25) is 0 Å². The van der Waals surface area contributed by atoms with Crippen LogP contribution in [0.5, 0.6) is 0 Å². The number of hydrogen-bond donors (Lipinski definition) is 1. The standard InChI is InChI=1S/C13H24F2N2O3S/c1-2-21(19,20)17-7-3-11(12(18)4-8-17)16-9-5-13(14,15)6-10-16/h11-12,18H,2-10H2,1H3/t11-,12-/m0/s1. The number of aliphatic hydroxyl groups excluding tert-OH is 1. The molecule has 2 fully saturated rings. The molecule has 2 rings (SSSR count). The lowest BCUT2D eigenvalue weighted by Gasteiger charge is -2.38. The number of piperidine rings is 1. The molecule has 0 aromatic carbocycles. The molecule has 0 spiro atoms. The number of alkyl halides is 2. The smallest absolute Gasteiger partial charge is 0.250 e. The lowest BCUT2D eigenvalue weighted by molar-refractivity contribution is -0.0755. The Hall–Kier alpha value is -0.310. The monoisotopic (exact) mass is 326 g/mol. The molecule has 8 heteroatoms. The zero-order valence-electron chi connectivity index (χ0n) is 12.3. The minimum absolute atomic E-state index is 0.0453. The average molecular weight is 326 g/mol. The fraction of sp³-hybridized carbons (Fsp3) is 1.00. The van der Waals surface area contributed by atoms with Crippen molar-refractivity contribution in [3.8, 4) is 0 Å². The molecular weight excluding hydrogens is 302 g/mol. The van der Waals surface area contributed by atoms with Gasteiger partial charge in [-0.05, 0) is 19.8 Å². The minimum atomic E-state index is -3.26. The van der Waals surface area contributed by atoms with Crippen molar-refractivity contribution in [2.24, 2.45) is 0 Å². The van der Waals surface area contributed by atoms with Gasteiger partial charge in [-0.1, -0.05) is 0 Å². The third-order valence-electron chi connectivity index (χ3n) is 4.55. The van der Waals surface area contributed by atoms with E-state index in [1.165, 1.54) is 4.31 Å². The van der Waals surface area contributed by atoms with Crippen molar-refractivity contribution in [2.45, 2.75) is 50.7 Å². The number of rotatable bonds is 3. The van der Waals surface area contributed by atoms with Crippen LogP contribution in [0.1, 0.15) is 32.6 Å². The number of aliphatic hydroxyl groups is 1. The highest BCUT2D eigenvalue weighted by Crippen LogP contribution is 2.30. The molecule has 0 aromatic rings. The van der Waals surface area contributed by atoms with Crippen LogP contribution >= 0.6 is 0 Å². The Labute approximate surface area is 125 Å². The molecule has 0 aromatic heterocycles. The second-order valence-corrected chi connectivity index (χ2v) is 8.16. The second kappa shape index (κ2) is 6.44. The maximum absolute atomic E-state index is 13.2. The first-order valence-corrected chi connectivity index (χ1v) is 9.14. The van der Waals surface area contributed by atoms with Crippen molar-refractivity contribution in [3.05, 3.63) is 0 Å². The molecule has 0 unspecified atom stereocenters. The van der Waals surface area contributed by atoms with Gasteiger partial charge in [-0.2, -0.15) is 0 Å². The van der Waals surface area contributed by atoms with Crippen LogP contribution in [-0.4, -0.2) is 72.7 Å². The highest BCUT2D eigenvalue weighted by atomic mass is 32.2. The van der Waals surface area contributed by atoms with Crippen LogP contribution in [-0.2, 0) is 10.0 Å². The third-order valence-corrected chi connectivity index (χ3v) is 6.43. The molecule has 0 saturated carbocycles. The fourth-order valence-corrected chi connectivity index (χ4v) is 4.25. The first-order valence-electron chi connectivity index (χ1n) is 7.53. The first kappa shape index (κ1) is 17.1. The average Bonchev–Trinajstić information content (AvgIpc) is 2.62. The van der Waals surface area contributed by atoms with Gasteiger partial charge in [0.15, 0.2) is 0 Å².